The predicted octanol–water partition coefficient (Wildman–Crippen LogP) is 3.05. The second-order valence-electron chi connectivity index (χ2n) is 7.02. The molecule has 0 aliphatic heterocycles. The Hall–Kier alpha value is -2.76. The Morgan fingerprint density at radius 1 is 1.19 bits per heavy atom. The van der Waals surface area contributed by atoms with Crippen LogP contribution in [0.15, 0.2) is 41.3 Å². The molecule has 1 N–H and O–H groups in total. The molecule has 3 rings (SSSR count). The van der Waals surface area contributed by atoms with Crippen molar-refractivity contribution in [3.63, 3.8) is 0 Å². The normalized spacial score (nSPS) is 14.5. The Morgan fingerprint density at radius 3 is 2.52 bits per heavy atom. The highest BCUT2D eigenvalue weighted by molar-refractivity contribution is 5.93. The smallest absolute Gasteiger partial charge is 0.255 e. The Labute approximate surface area is 159 Å². The number of carbonyl (C=O) groups excluding carboxylic acids is 1. The Morgan fingerprint density at radius 2 is 1.93 bits per heavy atom. The fraction of sp³-hybridized carbons (Fsp3) is 0.429. The van der Waals surface area contributed by atoms with Gasteiger partial charge in [-0.25, -0.2) is 0 Å². The van der Waals surface area contributed by atoms with Crippen molar-refractivity contribution in [1.29, 1.82) is 0 Å². The summed E-state index contributed by atoms with van der Waals surface area (Å²) >= 11 is 0. The monoisotopic (exact) mass is 370 g/mol. The number of ether oxygens (including phenoxy) is 2. The molecular weight excluding hydrogens is 344 g/mol. The number of aromatic amines is 1. The van der Waals surface area contributed by atoms with E-state index in [1.165, 1.54) is 30.7 Å². The number of hydrogen-bond donors (Lipinski definition) is 1. The van der Waals surface area contributed by atoms with E-state index < -0.39 is 0 Å². The summed E-state index contributed by atoms with van der Waals surface area (Å²) in [5, 5.41) is 0. The van der Waals surface area contributed by atoms with E-state index in [4.69, 9.17) is 9.47 Å². The topological polar surface area (TPSA) is 71.6 Å². The van der Waals surface area contributed by atoms with Crippen molar-refractivity contribution in [3.8, 4) is 11.5 Å². The van der Waals surface area contributed by atoms with Crippen molar-refractivity contribution in [1.82, 2.24) is 9.88 Å². The lowest BCUT2D eigenvalue weighted by Crippen LogP contribution is -2.29. The van der Waals surface area contributed by atoms with Crippen LogP contribution in [0.25, 0.3) is 0 Å². The maximum absolute atomic E-state index is 12.5. The number of carbonyl (C=O) groups is 1. The van der Waals surface area contributed by atoms with Crippen LogP contribution < -0.4 is 15.0 Å². The minimum atomic E-state index is -0.212. The SMILES string of the molecule is COc1ccc(C(CCN(C)C(=O)c2ccc(=O)[nH]c2)C2CC2)cc1OC. The van der Waals surface area contributed by atoms with Gasteiger partial charge in [-0.15, -0.1) is 0 Å². The molecule has 1 aliphatic rings. The fourth-order valence-electron chi connectivity index (χ4n) is 3.45. The van der Waals surface area contributed by atoms with Gasteiger partial charge in [-0.05, 0) is 54.9 Å². The molecule has 1 unspecified atom stereocenters. The van der Waals surface area contributed by atoms with Crippen LogP contribution >= 0.6 is 0 Å². The number of rotatable bonds is 8. The van der Waals surface area contributed by atoms with Crippen molar-refractivity contribution in [2.45, 2.75) is 25.2 Å². The lowest BCUT2D eigenvalue weighted by molar-refractivity contribution is 0.0789. The summed E-state index contributed by atoms with van der Waals surface area (Å²) in [7, 11) is 5.07. The molecule has 0 spiro atoms. The van der Waals surface area contributed by atoms with E-state index in [-0.39, 0.29) is 11.5 Å². The van der Waals surface area contributed by atoms with Gasteiger partial charge in [0.25, 0.3) is 5.91 Å². The number of amides is 1. The Balaban J connectivity index is 1.69. The van der Waals surface area contributed by atoms with Gasteiger partial charge in [-0.2, -0.15) is 0 Å². The van der Waals surface area contributed by atoms with Gasteiger partial charge < -0.3 is 19.4 Å². The van der Waals surface area contributed by atoms with Crippen LogP contribution in [0.3, 0.4) is 0 Å². The maximum atomic E-state index is 12.5. The Kier molecular flexibility index (Phi) is 5.84. The molecule has 1 aromatic heterocycles. The average molecular weight is 370 g/mol. The largest absolute Gasteiger partial charge is 0.493 e. The van der Waals surface area contributed by atoms with E-state index in [2.05, 4.69) is 11.1 Å². The summed E-state index contributed by atoms with van der Waals surface area (Å²) in [6, 6.07) is 9.01. The van der Waals surface area contributed by atoms with Gasteiger partial charge in [-0.3, -0.25) is 9.59 Å². The van der Waals surface area contributed by atoms with Crippen molar-refractivity contribution in [2.75, 3.05) is 27.8 Å². The first kappa shape index (κ1) is 19.0. The van der Waals surface area contributed by atoms with Gasteiger partial charge in [0, 0.05) is 25.9 Å². The second-order valence-corrected chi connectivity index (χ2v) is 7.02. The molecule has 6 nitrogen and oxygen atoms in total. The lowest BCUT2D eigenvalue weighted by Gasteiger charge is -2.23. The number of nitrogens with one attached hydrogen (secondary N) is 1. The molecule has 1 amide bonds. The summed E-state index contributed by atoms with van der Waals surface area (Å²) in [4.78, 5) is 28.0. The van der Waals surface area contributed by atoms with Crippen LogP contribution in [0.2, 0.25) is 0 Å². The average Bonchev–Trinajstić information content (AvgIpc) is 3.53. The first-order valence-electron chi connectivity index (χ1n) is 9.19. The number of H-pyrrole nitrogens is 1. The number of methoxy groups -OCH3 is 2. The number of pyridine rings is 1. The maximum Gasteiger partial charge on any atom is 0.255 e. The minimum absolute atomic E-state index is 0.0897. The lowest BCUT2D eigenvalue weighted by atomic mass is 9.90. The fourth-order valence-corrected chi connectivity index (χ4v) is 3.45. The van der Waals surface area contributed by atoms with Crippen molar-refractivity contribution >= 4 is 5.91 Å². The van der Waals surface area contributed by atoms with E-state index in [1.807, 2.05) is 12.1 Å². The molecule has 1 aliphatic carbocycles. The number of nitrogens with zero attached hydrogens (tertiary/aromatic N) is 1. The van der Waals surface area contributed by atoms with Crippen molar-refractivity contribution < 1.29 is 14.3 Å². The molecule has 1 atom stereocenters. The predicted molar refractivity (Wildman–Crippen MR) is 104 cm³/mol. The third kappa shape index (κ3) is 4.51. The van der Waals surface area contributed by atoms with E-state index >= 15 is 0 Å². The van der Waals surface area contributed by atoms with E-state index in [9.17, 15) is 9.59 Å². The number of benzene rings is 1. The first-order chi connectivity index (χ1) is 13.0. The molecule has 27 heavy (non-hydrogen) atoms. The molecular formula is C21H26N2O4. The molecule has 0 radical (unpaired) electrons. The second kappa shape index (κ2) is 8.29. The van der Waals surface area contributed by atoms with Crippen LogP contribution in [-0.4, -0.2) is 43.6 Å². The zero-order valence-corrected chi connectivity index (χ0v) is 16.0. The molecule has 0 saturated heterocycles. The zero-order chi connectivity index (χ0) is 19.4. The van der Waals surface area contributed by atoms with E-state index in [1.54, 1.807) is 32.2 Å². The zero-order valence-electron chi connectivity index (χ0n) is 16.0. The van der Waals surface area contributed by atoms with Crippen molar-refractivity contribution in [3.05, 3.63) is 58.0 Å². The molecule has 0 bridgehead atoms. The van der Waals surface area contributed by atoms with Gasteiger partial charge >= 0.3 is 0 Å². The van der Waals surface area contributed by atoms with Gasteiger partial charge in [0.15, 0.2) is 11.5 Å². The molecule has 1 heterocycles. The quantitative estimate of drug-likeness (QED) is 0.775. The van der Waals surface area contributed by atoms with Crippen LogP contribution in [0, 0.1) is 5.92 Å². The number of hydrogen-bond acceptors (Lipinski definition) is 4. The summed E-state index contributed by atoms with van der Waals surface area (Å²) in [5.41, 5.74) is 1.50. The highest BCUT2D eigenvalue weighted by Crippen LogP contribution is 2.46. The molecule has 1 saturated carbocycles. The van der Waals surface area contributed by atoms with Crippen LogP contribution in [0.5, 0.6) is 11.5 Å². The molecule has 144 valence electrons. The van der Waals surface area contributed by atoms with Gasteiger partial charge in [0.05, 0.1) is 19.8 Å². The van der Waals surface area contributed by atoms with Crippen molar-refractivity contribution in [2.24, 2.45) is 5.92 Å². The minimum Gasteiger partial charge on any atom is -0.493 e. The van der Waals surface area contributed by atoms with Crippen LogP contribution in [-0.2, 0) is 0 Å². The van der Waals surface area contributed by atoms with E-state index in [0.717, 1.165) is 17.9 Å². The highest BCUT2D eigenvalue weighted by Gasteiger charge is 2.33. The van der Waals surface area contributed by atoms with Crippen LogP contribution in [0.4, 0.5) is 0 Å². The number of aromatic nitrogens is 1. The molecule has 6 heteroatoms. The molecule has 2 aromatic rings. The third-order valence-corrected chi connectivity index (χ3v) is 5.18. The molecule has 1 fully saturated rings. The summed E-state index contributed by atoms with van der Waals surface area (Å²) < 4.78 is 10.8. The standard InChI is InChI=1S/C21H26N2O4/c1-23(21(25)16-7-9-20(24)22-13-16)11-10-17(14-4-5-14)15-6-8-18(26-2)19(12-15)27-3/h6-9,12-14,17H,4-5,10-11H2,1-3H3,(H,22,24). The van der Waals surface area contributed by atoms with Gasteiger partial charge in [0.1, 0.15) is 0 Å². The van der Waals surface area contributed by atoms with Gasteiger partial charge in [0.2, 0.25) is 5.56 Å². The summed E-state index contributed by atoms with van der Waals surface area (Å²) in [5.74, 6) is 2.41. The first-order valence-corrected chi connectivity index (χ1v) is 9.19. The molecule has 1 aromatic carbocycles. The Bertz CT molecular complexity index is 837. The van der Waals surface area contributed by atoms with Gasteiger partial charge in [-0.1, -0.05) is 6.07 Å². The summed E-state index contributed by atoms with van der Waals surface area (Å²) in [6.45, 7) is 0.646. The van der Waals surface area contributed by atoms with E-state index in [0.29, 0.717) is 23.9 Å². The highest BCUT2D eigenvalue weighted by atomic mass is 16.5. The summed E-state index contributed by atoms with van der Waals surface area (Å²) in [6.07, 6.45) is 4.78. The third-order valence-electron chi connectivity index (χ3n) is 5.18. The van der Waals surface area contributed by atoms with Crippen LogP contribution in [0.1, 0.15) is 41.1 Å².